The smallest absolute Gasteiger partial charge is 0.207 e. The lowest BCUT2D eigenvalue weighted by Crippen LogP contribution is -2.02. The number of benzene rings is 1. The lowest BCUT2D eigenvalue weighted by Gasteiger charge is -2.02. The first-order valence-electron chi connectivity index (χ1n) is 3.53. The summed E-state index contributed by atoms with van der Waals surface area (Å²) in [6.07, 6.45) is 0. The Balaban J connectivity index is 3.17. The van der Waals surface area contributed by atoms with E-state index in [1.807, 2.05) is 0 Å². The molecule has 72 valence electrons. The number of hydrogen-bond donors (Lipinski definition) is 0. The van der Waals surface area contributed by atoms with E-state index in [0.717, 1.165) is 0 Å². The quantitative estimate of drug-likeness (QED) is 0.747. The first kappa shape index (κ1) is 9.98. The van der Waals surface area contributed by atoms with Crippen LogP contribution in [0.5, 0.6) is 5.75 Å². The van der Waals surface area contributed by atoms with Crippen molar-refractivity contribution in [3.63, 3.8) is 0 Å². The molecule has 0 N–H and O–H groups in total. The van der Waals surface area contributed by atoms with Crippen LogP contribution in [0.3, 0.4) is 0 Å². The van der Waals surface area contributed by atoms with Gasteiger partial charge < -0.3 is 4.74 Å². The van der Waals surface area contributed by atoms with Gasteiger partial charge in [0.2, 0.25) is 9.84 Å². The van der Waals surface area contributed by atoms with Gasteiger partial charge in [-0.25, -0.2) is 12.8 Å². The zero-order valence-corrected chi connectivity index (χ0v) is 7.84. The SMILES string of the molecule is COc1cccc(S(=O)(=O)CF)c1. The molecule has 0 aliphatic heterocycles. The topological polar surface area (TPSA) is 43.4 Å². The summed E-state index contributed by atoms with van der Waals surface area (Å²) in [6.45, 7) is 0. The normalized spacial score (nSPS) is 11.2. The van der Waals surface area contributed by atoms with Gasteiger partial charge in [0.15, 0.2) is 6.01 Å². The van der Waals surface area contributed by atoms with Crippen LogP contribution in [0.4, 0.5) is 4.39 Å². The van der Waals surface area contributed by atoms with Crippen LogP contribution in [-0.4, -0.2) is 21.5 Å². The minimum absolute atomic E-state index is 0.0608. The van der Waals surface area contributed by atoms with E-state index >= 15 is 0 Å². The Kier molecular flexibility index (Phi) is 2.87. The molecular formula is C8H9FO3S. The second-order valence-electron chi connectivity index (χ2n) is 2.40. The summed E-state index contributed by atoms with van der Waals surface area (Å²) >= 11 is 0. The van der Waals surface area contributed by atoms with Gasteiger partial charge in [0.05, 0.1) is 12.0 Å². The van der Waals surface area contributed by atoms with Gasteiger partial charge in [-0.3, -0.25) is 0 Å². The van der Waals surface area contributed by atoms with E-state index in [1.54, 1.807) is 6.07 Å². The monoisotopic (exact) mass is 204 g/mol. The molecule has 0 saturated heterocycles. The number of sulfone groups is 1. The molecule has 0 aliphatic rings. The van der Waals surface area contributed by atoms with E-state index in [1.165, 1.54) is 25.3 Å². The third kappa shape index (κ3) is 2.18. The predicted octanol–water partition coefficient (Wildman–Crippen LogP) is 1.40. The molecule has 5 heteroatoms. The molecule has 1 rings (SSSR count). The van der Waals surface area contributed by atoms with Crippen LogP contribution in [0.25, 0.3) is 0 Å². The number of alkyl halides is 1. The van der Waals surface area contributed by atoms with Crippen LogP contribution in [0.2, 0.25) is 0 Å². The highest BCUT2D eigenvalue weighted by atomic mass is 32.2. The van der Waals surface area contributed by atoms with Gasteiger partial charge in [-0.05, 0) is 18.2 Å². The van der Waals surface area contributed by atoms with Gasteiger partial charge in [-0.15, -0.1) is 0 Å². The summed E-state index contributed by atoms with van der Waals surface area (Å²) in [4.78, 5) is -0.0608. The van der Waals surface area contributed by atoms with Crippen LogP contribution in [0, 0.1) is 0 Å². The average Bonchev–Trinajstić information content (AvgIpc) is 2.18. The van der Waals surface area contributed by atoms with Crippen LogP contribution in [0.1, 0.15) is 0 Å². The zero-order chi connectivity index (χ0) is 9.90. The van der Waals surface area contributed by atoms with Gasteiger partial charge in [-0.1, -0.05) is 6.07 Å². The van der Waals surface area contributed by atoms with Crippen molar-refractivity contribution in [3.05, 3.63) is 24.3 Å². The Morgan fingerprint density at radius 1 is 1.46 bits per heavy atom. The van der Waals surface area contributed by atoms with Crippen molar-refractivity contribution >= 4 is 9.84 Å². The van der Waals surface area contributed by atoms with Crippen molar-refractivity contribution < 1.29 is 17.5 Å². The zero-order valence-electron chi connectivity index (χ0n) is 7.03. The van der Waals surface area contributed by atoms with Gasteiger partial charge in [0.25, 0.3) is 0 Å². The van der Waals surface area contributed by atoms with E-state index in [2.05, 4.69) is 0 Å². The van der Waals surface area contributed by atoms with Gasteiger partial charge in [0, 0.05) is 0 Å². The Hall–Kier alpha value is -1.10. The lowest BCUT2D eigenvalue weighted by atomic mass is 10.3. The highest BCUT2D eigenvalue weighted by Gasteiger charge is 2.13. The molecule has 0 aromatic heterocycles. The van der Waals surface area contributed by atoms with Crippen molar-refractivity contribution in [2.45, 2.75) is 4.90 Å². The molecule has 0 unspecified atom stereocenters. The minimum atomic E-state index is -3.78. The highest BCUT2D eigenvalue weighted by molar-refractivity contribution is 7.91. The highest BCUT2D eigenvalue weighted by Crippen LogP contribution is 2.17. The molecule has 0 heterocycles. The predicted molar refractivity (Wildman–Crippen MR) is 46.2 cm³/mol. The molecule has 13 heavy (non-hydrogen) atoms. The summed E-state index contributed by atoms with van der Waals surface area (Å²) < 4.78 is 38.9. The molecule has 0 bridgehead atoms. The molecule has 1 aromatic carbocycles. The molecule has 0 saturated carbocycles. The molecule has 0 atom stereocenters. The van der Waals surface area contributed by atoms with Crippen LogP contribution in [-0.2, 0) is 9.84 Å². The lowest BCUT2D eigenvalue weighted by molar-refractivity contribution is 0.413. The maximum atomic E-state index is 12.1. The van der Waals surface area contributed by atoms with Crippen molar-refractivity contribution in [3.8, 4) is 5.75 Å². The van der Waals surface area contributed by atoms with Gasteiger partial charge >= 0.3 is 0 Å². The third-order valence-electron chi connectivity index (χ3n) is 1.54. The van der Waals surface area contributed by atoms with Crippen molar-refractivity contribution in [1.82, 2.24) is 0 Å². The first-order valence-corrected chi connectivity index (χ1v) is 5.18. The van der Waals surface area contributed by atoms with Crippen LogP contribution < -0.4 is 4.74 Å². The summed E-state index contributed by atoms with van der Waals surface area (Å²) in [6, 6.07) is 4.32. The number of ether oxygens (including phenoxy) is 1. The van der Waals surface area contributed by atoms with E-state index in [-0.39, 0.29) is 4.90 Å². The Morgan fingerprint density at radius 2 is 2.15 bits per heavy atom. The molecule has 0 aliphatic carbocycles. The standard InChI is InChI=1S/C8H9FO3S/c1-12-7-3-2-4-8(5-7)13(10,11)6-9/h2-5H,6H2,1H3. The number of rotatable bonds is 3. The third-order valence-corrected chi connectivity index (χ3v) is 2.80. The number of hydrogen-bond acceptors (Lipinski definition) is 3. The van der Waals surface area contributed by atoms with E-state index in [4.69, 9.17) is 4.74 Å². The second kappa shape index (κ2) is 3.74. The molecule has 0 radical (unpaired) electrons. The maximum absolute atomic E-state index is 12.1. The fraction of sp³-hybridized carbons (Fsp3) is 0.250. The van der Waals surface area contributed by atoms with Gasteiger partial charge in [0.1, 0.15) is 5.75 Å². The summed E-state index contributed by atoms with van der Waals surface area (Å²) in [7, 11) is -2.36. The van der Waals surface area contributed by atoms with E-state index in [9.17, 15) is 12.8 Å². The largest absolute Gasteiger partial charge is 0.497 e. The fourth-order valence-electron chi connectivity index (χ4n) is 0.858. The summed E-state index contributed by atoms with van der Waals surface area (Å²) in [5.41, 5.74) is 0. The van der Waals surface area contributed by atoms with Crippen LogP contribution >= 0.6 is 0 Å². The number of halogens is 1. The van der Waals surface area contributed by atoms with Crippen molar-refractivity contribution in [2.75, 3.05) is 13.1 Å². The molecular weight excluding hydrogens is 195 g/mol. The second-order valence-corrected chi connectivity index (χ2v) is 4.32. The Labute approximate surface area is 76.1 Å². The number of methoxy groups -OCH3 is 1. The fourth-order valence-corrected chi connectivity index (χ4v) is 1.57. The average molecular weight is 204 g/mol. The van der Waals surface area contributed by atoms with Crippen molar-refractivity contribution in [1.29, 1.82) is 0 Å². The molecule has 0 amide bonds. The minimum Gasteiger partial charge on any atom is -0.497 e. The van der Waals surface area contributed by atoms with E-state index < -0.39 is 15.8 Å². The molecule has 0 fully saturated rings. The summed E-state index contributed by atoms with van der Waals surface area (Å²) in [5.74, 6) is 0.398. The Morgan fingerprint density at radius 3 is 2.69 bits per heavy atom. The molecule has 1 aromatic rings. The van der Waals surface area contributed by atoms with Crippen molar-refractivity contribution in [2.24, 2.45) is 0 Å². The van der Waals surface area contributed by atoms with Gasteiger partial charge in [-0.2, -0.15) is 0 Å². The summed E-state index contributed by atoms with van der Waals surface area (Å²) in [5, 5.41) is 0. The van der Waals surface area contributed by atoms with E-state index in [0.29, 0.717) is 5.75 Å². The first-order chi connectivity index (χ1) is 6.10. The van der Waals surface area contributed by atoms with Crippen LogP contribution in [0.15, 0.2) is 29.2 Å². The maximum Gasteiger partial charge on any atom is 0.207 e. The molecule has 3 nitrogen and oxygen atoms in total. The molecule has 0 spiro atoms. The Bertz CT molecular complexity index is 386.